The third kappa shape index (κ3) is 5.60. The summed E-state index contributed by atoms with van der Waals surface area (Å²) in [5, 5.41) is 1.31. The molecule has 0 aliphatic carbocycles. The van der Waals surface area contributed by atoms with Crippen molar-refractivity contribution < 1.29 is 4.74 Å². The van der Waals surface area contributed by atoms with Crippen LogP contribution in [-0.4, -0.2) is 11.6 Å². The van der Waals surface area contributed by atoms with E-state index in [-0.39, 0.29) is 0 Å². The molecule has 1 aromatic carbocycles. The van der Waals surface area contributed by atoms with Crippen molar-refractivity contribution in [2.45, 2.75) is 66.2 Å². The van der Waals surface area contributed by atoms with Gasteiger partial charge in [-0.05, 0) is 48.4 Å². The van der Waals surface area contributed by atoms with Gasteiger partial charge < -0.3 is 9.72 Å². The first-order chi connectivity index (χ1) is 11.1. The van der Waals surface area contributed by atoms with Crippen molar-refractivity contribution in [3.05, 3.63) is 30.0 Å². The Kier molecular flexibility index (Phi) is 7.01. The lowest BCUT2D eigenvalue weighted by molar-refractivity contribution is 0.276. The van der Waals surface area contributed by atoms with Crippen LogP contribution in [-0.2, 0) is 6.42 Å². The van der Waals surface area contributed by atoms with Crippen LogP contribution in [0.15, 0.2) is 24.4 Å². The van der Waals surface area contributed by atoms with E-state index in [1.54, 1.807) is 0 Å². The minimum absolute atomic E-state index is 0.750. The third-order valence-electron chi connectivity index (χ3n) is 4.62. The predicted octanol–water partition coefficient (Wildman–Crippen LogP) is 6.35. The van der Waals surface area contributed by atoms with Crippen LogP contribution >= 0.6 is 0 Å². The van der Waals surface area contributed by atoms with E-state index in [0.717, 1.165) is 37.0 Å². The Hall–Kier alpha value is -1.44. The van der Waals surface area contributed by atoms with E-state index >= 15 is 0 Å². The Bertz CT molecular complexity index is 585. The van der Waals surface area contributed by atoms with Crippen molar-refractivity contribution >= 4 is 10.9 Å². The molecule has 2 nitrogen and oxygen atoms in total. The number of hydrogen-bond donors (Lipinski definition) is 1. The first kappa shape index (κ1) is 17.9. The number of benzene rings is 1. The van der Waals surface area contributed by atoms with Gasteiger partial charge in [-0.3, -0.25) is 0 Å². The van der Waals surface area contributed by atoms with E-state index in [2.05, 4.69) is 57.1 Å². The number of aromatic nitrogens is 1. The zero-order chi connectivity index (χ0) is 16.7. The predicted molar refractivity (Wildman–Crippen MR) is 100 cm³/mol. The maximum absolute atomic E-state index is 6.00. The Balaban J connectivity index is 1.81. The fraction of sp³-hybridized carbons (Fsp3) is 0.619. The van der Waals surface area contributed by atoms with Gasteiger partial charge in [-0.2, -0.15) is 0 Å². The molecule has 1 N–H and O–H groups in total. The Morgan fingerprint density at radius 2 is 1.91 bits per heavy atom. The molecule has 0 radical (unpaired) electrons. The van der Waals surface area contributed by atoms with E-state index in [0.29, 0.717) is 0 Å². The zero-order valence-electron chi connectivity index (χ0n) is 15.3. The van der Waals surface area contributed by atoms with Gasteiger partial charge in [0.05, 0.1) is 6.61 Å². The highest BCUT2D eigenvalue weighted by molar-refractivity contribution is 5.84. The minimum atomic E-state index is 0.750. The molecular formula is C21H33NO. The molecule has 2 aromatic rings. The van der Waals surface area contributed by atoms with Gasteiger partial charge in [0.2, 0.25) is 0 Å². The molecule has 0 saturated heterocycles. The topological polar surface area (TPSA) is 25.0 Å². The summed E-state index contributed by atoms with van der Waals surface area (Å²) in [5.41, 5.74) is 2.61. The molecule has 0 saturated carbocycles. The van der Waals surface area contributed by atoms with Gasteiger partial charge in [-0.1, -0.05) is 53.4 Å². The van der Waals surface area contributed by atoms with Crippen molar-refractivity contribution in [1.82, 2.24) is 4.98 Å². The average molecular weight is 316 g/mol. The van der Waals surface area contributed by atoms with Gasteiger partial charge in [0.15, 0.2) is 0 Å². The van der Waals surface area contributed by atoms with Gasteiger partial charge >= 0.3 is 0 Å². The van der Waals surface area contributed by atoms with Crippen LogP contribution in [0.25, 0.3) is 10.9 Å². The number of fused-ring (bicyclic) bond motifs is 1. The molecule has 2 heteroatoms. The molecule has 0 bridgehead atoms. The molecular weight excluding hydrogens is 282 g/mol. The summed E-state index contributed by atoms with van der Waals surface area (Å²) in [6.07, 6.45) is 9.57. The maximum Gasteiger partial charge on any atom is 0.120 e. The number of aromatic amines is 1. The van der Waals surface area contributed by atoms with Crippen LogP contribution < -0.4 is 4.74 Å². The fourth-order valence-corrected chi connectivity index (χ4v) is 3.12. The van der Waals surface area contributed by atoms with Crippen molar-refractivity contribution in [3.8, 4) is 5.75 Å². The van der Waals surface area contributed by atoms with Gasteiger partial charge in [-0.15, -0.1) is 0 Å². The van der Waals surface area contributed by atoms with E-state index in [4.69, 9.17) is 4.74 Å². The summed E-state index contributed by atoms with van der Waals surface area (Å²) in [6, 6.07) is 6.41. The molecule has 1 unspecified atom stereocenters. The number of aryl methyl sites for hydroxylation is 1. The van der Waals surface area contributed by atoms with Crippen molar-refractivity contribution in [3.63, 3.8) is 0 Å². The van der Waals surface area contributed by atoms with Gasteiger partial charge in [0.1, 0.15) is 5.75 Å². The Morgan fingerprint density at radius 1 is 1.09 bits per heavy atom. The average Bonchev–Trinajstić information content (AvgIpc) is 2.90. The van der Waals surface area contributed by atoms with Crippen LogP contribution in [0.3, 0.4) is 0 Å². The highest BCUT2D eigenvalue weighted by atomic mass is 16.5. The monoisotopic (exact) mass is 315 g/mol. The van der Waals surface area contributed by atoms with Crippen LogP contribution in [0.4, 0.5) is 0 Å². The summed E-state index contributed by atoms with van der Waals surface area (Å²) in [6.45, 7) is 10.00. The second-order valence-electron chi connectivity index (χ2n) is 7.34. The van der Waals surface area contributed by atoms with Crippen LogP contribution in [0.2, 0.25) is 0 Å². The van der Waals surface area contributed by atoms with Gasteiger partial charge in [-0.25, -0.2) is 0 Å². The van der Waals surface area contributed by atoms with Crippen LogP contribution in [0.5, 0.6) is 5.75 Å². The molecule has 0 spiro atoms. The van der Waals surface area contributed by atoms with E-state index in [9.17, 15) is 0 Å². The fourth-order valence-electron chi connectivity index (χ4n) is 3.12. The third-order valence-corrected chi connectivity index (χ3v) is 4.62. The molecule has 0 aliphatic rings. The quantitative estimate of drug-likeness (QED) is 0.543. The molecule has 0 fully saturated rings. The normalized spacial score (nSPS) is 12.9. The zero-order valence-corrected chi connectivity index (χ0v) is 15.3. The molecule has 1 atom stereocenters. The molecule has 2 rings (SSSR count). The van der Waals surface area contributed by atoms with Crippen molar-refractivity contribution in [2.24, 2.45) is 11.8 Å². The number of ether oxygens (including phenoxy) is 1. The second kappa shape index (κ2) is 9.00. The molecule has 1 heterocycles. The van der Waals surface area contributed by atoms with E-state index in [1.807, 2.05) is 0 Å². The number of H-pyrrole nitrogens is 1. The minimum Gasteiger partial charge on any atom is -0.494 e. The van der Waals surface area contributed by atoms with Gasteiger partial charge in [0.25, 0.3) is 0 Å². The SMILES string of the molecule is CCCc1c[nH]c2ccc(OCCC(C)CCCC(C)C)cc12. The van der Waals surface area contributed by atoms with Crippen molar-refractivity contribution in [2.75, 3.05) is 6.61 Å². The number of rotatable bonds is 10. The standard InChI is InChI=1S/C21H33NO/c1-5-7-18-15-22-21-11-10-19(14-20(18)21)23-13-12-17(4)9-6-8-16(2)3/h10-11,14-17,22H,5-9,12-13H2,1-4H3. The molecule has 23 heavy (non-hydrogen) atoms. The summed E-state index contributed by atoms with van der Waals surface area (Å²) < 4.78 is 6.00. The Morgan fingerprint density at radius 3 is 2.65 bits per heavy atom. The van der Waals surface area contributed by atoms with Gasteiger partial charge in [0, 0.05) is 17.1 Å². The molecule has 0 aliphatic heterocycles. The van der Waals surface area contributed by atoms with E-state index < -0.39 is 0 Å². The molecule has 128 valence electrons. The highest BCUT2D eigenvalue weighted by Crippen LogP contribution is 2.25. The maximum atomic E-state index is 6.00. The molecule has 0 amide bonds. The Labute approximate surface area is 141 Å². The molecule has 1 aromatic heterocycles. The smallest absolute Gasteiger partial charge is 0.120 e. The number of hydrogen-bond acceptors (Lipinski definition) is 1. The summed E-state index contributed by atoms with van der Waals surface area (Å²) in [7, 11) is 0. The largest absolute Gasteiger partial charge is 0.494 e. The van der Waals surface area contributed by atoms with E-state index in [1.165, 1.54) is 42.1 Å². The first-order valence-corrected chi connectivity index (χ1v) is 9.33. The summed E-state index contributed by atoms with van der Waals surface area (Å²) >= 11 is 0. The lowest BCUT2D eigenvalue weighted by atomic mass is 9.98. The second-order valence-corrected chi connectivity index (χ2v) is 7.34. The van der Waals surface area contributed by atoms with Crippen molar-refractivity contribution in [1.29, 1.82) is 0 Å². The lowest BCUT2D eigenvalue weighted by Gasteiger charge is -2.13. The first-order valence-electron chi connectivity index (χ1n) is 9.33. The van der Waals surface area contributed by atoms with Crippen LogP contribution in [0, 0.1) is 11.8 Å². The van der Waals surface area contributed by atoms with Crippen LogP contribution in [0.1, 0.15) is 65.4 Å². The number of nitrogens with one attached hydrogen (secondary N) is 1. The lowest BCUT2D eigenvalue weighted by Crippen LogP contribution is -2.04. The summed E-state index contributed by atoms with van der Waals surface area (Å²) in [5.74, 6) is 2.58. The summed E-state index contributed by atoms with van der Waals surface area (Å²) in [4.78, 5) is 3.35. The highest BCUT2D eigenvalue weighted by Gasteiger charge is 2.06.